The SMILES string of the molecule is COc1cc(C(C)(C)CC(=O)O)c(F)cc1C. The molecule has 0 radical (unpaired) electrons. The number of aryl methyl sites for hydroxylation is 1. The summed E-state index contributed by atoms with van der Waals surface area (Å²) in [6, 6.07) is 2.95. The summed E-state index contributed by atoms with van der Waals surface area (Å²) in [5.41, 5.74) is 0.291. The first-order chi connectivity index (χ1) is 7.77. The number of halogens is 1. The second kappa shape index (κ2) is 4.73. The molecule has 0 aliphatic heterocycles. The number of aliphatic carboxylic acids is 1. The van der Waals surface area contributed by atoms with Crippen LogP contribution < -0.4 is 4.74 Å². The predicted octanol–water partition coefficient (Wildman–Crippen LogP) is 2.90. The van der Waals surface area contributed by atoms with Crippen LogP contribution in [0.1, 0.15) is 31.4 Å². The van der Waals surface area contributed by atoms with Gasteiger partial charge in [-0.1, -0.05) is 13.8 Å². The molecule has 0 atom stereocenters. The Morgan fingerprint density at radius 2 is 2.06 bits per heavy atom. The van der Waals surface area contributed by atoms with Crippen molar-refractivity contribution in [3.63, 3.8) is 0 Å². The molecule has 0 amide bonds. The Balaban J connectivity index is 3.25. The molecule has 1 aromatic carbocycles. The van der Waals surface area contributed by atoms with Crippen molar-refractivity contribution in [2.45, 2.75) is 32.6 Å². The van der Waals surface area contributed by atoms with Crippen LogP contribution in [0.4, 0.5) is 4.39 Å². The Kier molecular flexibility index (Phi) is 3.76. The summed E-state index contributed by atoms with van der Waals surface area (Å²) in [5.74, 6) is -0.775. The van der Waals surface area contributed by atoms with Crippen LogP contribution >= 0.6 is 0 Å². The molecule has 3 nitrogen and oxygen atoms in total. The van der Waals surface area contributed by atoms with Crippen LogP contribution in [0.2, 0.25) is 0 Å². The maximum absolute atomic E-state index is 13.9. The summed E-state index contributed by atoms with van der Waals surface area (Å²) in [7, 11) is 1.51. The van der Waals surface area contributed by atoms with Gasteiger partial charge in [-0.2, -0.15) is 0 Å². The summed E-state index contributed by atoms with van der Waals surface area (Å²) in [5, 5.41) is 8.83. The molecule has 0 saturated carbocycles. The Morgan fingerprint density at radius 1 is 1.47 bits per heavy atom. The van der Waals surface area contributed by atoms with Gasteiger partial charge in [-0.15, -0.1) is 0 Å². The summed E-state index contributed by atoms with van der Waals surface area (Å²) in [6.45, 7) is 5.15. The largest absolute Gasteiger partial charge is 0.496 e. The van der Waals surface area contributed by atoms with Gasteiger partial charge in [0, 0.05) is 5.41 Å². The lowest BCUT2D eigenvalue weighted by Gasteiger charge is -2.24. The van der Waals surface area contributed by atoms with Crippen LogP contribution in [0.25, 0.3) is 0 Å². The molecule has 0 saturated heterocycles. The topological polar surface area (TPSA) is 46.5 Å². The van der Waals surface area contributed by atoms with E-state index >= 15 is 0 Å². The van der Waals surface area contributed by atoms with Gasteiger partial charge in [0.2, 0.25) is 0 Å². The van der Waals surface area contributed by atoms with Crippen LogP contribution in [0.3, 0.4) is 0 Å². The molecular weight excluding hydrogens is 223 g/mol. The maximum Gasteiger partial charge on any atom is 0.304 e. The van der Waals surface area contributed by atoms with Crippen molar-refractivity contribution in [1.82, 2.24) is 0 Å². The molecule has 0 unspecified atom stereocenters. The van der Waals surface area contributed by atoms with Gasteiger partial charge in [0.15, 0.2) is 0 Å². The number of hydrogen-bond donors (Lipinski definition) is 1. The van der Waals surface area contributed by atoms with Crippen molar-refractivity contribution in [3.8, 4) is 5.75 Å². The minimum atomic E-state index is -0.950. The minimum Gasteiger partial charge on any atom is -0.496 e. The van der Waals surface area contributed by atoms with E-state index in [1.807, 2.05) is 0 Å². The standard InChI is InChI=1S/C13H17FO3/c1-8-5-10(14)9(6-11(8)17-4)13(2,3)7-12(15)16/h5-6H,7H2,1-4H3,(H,15,16). The predicted molar refractivity (Wildman–Crippen MR) is 63.0 cm³/mol. The third-order valence-corrected chi connectivity index (χ3v) is 2.81. The fourth-order valence-electron chi connectivity index (χ4n) is 1.86. The van der Waals surface area contributed by atoms with Crippen molar-refractivity contribution in [1.29, 1.82) is 0 Å². The molecule has 0 aliphatic carbocycles. The van der Waals surface area contributed by atoms with Crippen LogP contribution in [-0.2, 0) is 10.2 Å². The molecule has 1 N–H and O–H groups in total. The molecule has 4 heteroatoms. The Bertz CT molecular complexity index is 439. The second-order valence-electron chi connectivity index (χ2n) is 4.76. The molecule has 94 valence electrons. The van der Waals surface area contributed by atoms with E-state index in [-0.39, 0.29) is 6.42 Å². The summed E-state index contributed by atoms with van der Waals surface area (Å²) >= 11 is 0. The molecule has 0 bridgehead atoms. The van der Waals surface area contributed by atoms with E-state index in [0.717, 1.165) is 0 Å². The fraction of sp³-hybridized carbons (Fsp3) is 0.462. The van der Waals surface area contributed by atoms with Gasteiger partial charge in [-0.25, -0.2) is 4.39 Å². The minimum absolute atomic E-state index is 0.129. The normalized spacial score (nSPS) is 11.4. The lowest BCUT2D eigenvalue weighted by Crippen LogP contribution is -2.23. The molecule has 0 aliphatic rings. The zero-order valence-electron chi connectivity index (χ0n) is 10.5. The number of ether oxygens (including phenoxy) is 1. The van der Waals surface area contributed by atoms with Gasteiger partial charge in [-0.3, -0.25) is 4.79 Å². The lowest BCUT2D eigenvalue weighted by atomic mass is 9.81. The van der Waals surface area contributed by atoms with E-state index in [2.05, 4.69) is 0 Å². The van der Waals surface area contributed by atoms with Crippen LogP contribution in [0.5, 0.6) is 5.75 Å². The number of hydrogen-bond acceptors (Lipinski definition) is 2. The van der Waals surface area contributed by atoms with Crippen molar-refractivity contribution < 1.29 is 19.0 Å². The third-order valence-electron chi connectivity index (χ3n) is 2.81. The molecule has 0 spiro atoms. The first-order valence-corrected chi connectivity index (χ1v) is 5.34. The number of carboxylic acids is 1. The van der Waals surface area contributed by atoms with Gasteiger partial charge in [0.1, 0.15) is 11.6 Å². The number of carbonyl (C=O) groups is 1. The van der Waals surface area contributed by atoms with Crippen molar-refractivity contribution in [2.75, 3.05) is 7.11 Å². The lowest BCUT2D eigenvalue weighted by molar-refractivity contribution is -0.138. The highest BCUT2D eigenvalue weighted by molar-refractivity contribution is 5.69. The van der Waals surface area contributed by atoms with Gasteiger partial charge >= 0.3 is 5.97 Å². The monoisotopic (exact) mass is 240 g/mol. The van der Waals surface area contributed by atoms with E-state index in [1.54, 1.807) is 26.8 Å². The number of benzene rings is 1. The quantitative estimate of drug-likeness (QED) is 0.880. The van der Waals surface area contributed by atoms with E-state index < -0.39 is 17.2 Å². The van der Waals surface area contributed by atoms with Gasteiger partial charge < -0.3 is 9.84 Å². The Morgan fingerprint density at radius 3 is 2.53 bits per heavy atom. The molecule has 0 aromatic heterocycles. The molecule has 1 rings (SSSR count). The van der Waals surface area contributed by atoms with Gasteiger partial charge in [0.25, 0.3) is 0 Å². The molecule has 1 aromatic rings. The molecule has 0 fully saturated rings. The zero-order chi connectivity index (χ0) is 13.2. The number of carboxylic acid groups (broad SMARTS) is 1. The van der Waals surface area contributed by atoms with Crippen molar-refractivity contribution >= 4 is 5.97 Å². The summed E-state index contributed by atoms with van der Waals surface area (Å²) in [6.07, 6.45) is -0.129. The highest BCUT2D eigenvalue weighted by atomic mass is 19.1. The second-order valence-corrected chi connectivity index (χ2v) is 4.76. The maximum atomic E-state index is 13.9. The first-order valence-electron chi connectivity index (χ1n) is 5.34. The van der Waals surface area contributed by atoms with E-state index in [0.29, 0.717) is 16.9 Å². The van der Waals surface area contributed by atoms with Crippen molar-refractivity contribution in [3.05, 3.63) is 29.1 Å². The van der Waals surface area contributed by atoms with Gasteiger partial charge in [0.05, 0.1) is 13.5 Å². The van der Waals surface area contributed by atoms with Crippen LogP contribution in [-0.4, -0.2) is 18.2 Å². The third kappa shape index (κ3) is 2.96. The molecule has 0 heterocycles. The van der Waals surface area contributed by atoms with Crippen LogP contribution in [0.15, 0.2) is 12.1 Å². The Labute approximate surface area is 100 Å². The van der Waals surface area contributed by atoms with Gasteiger partial charge in [-0.05, 0) is 30.2 Å². The molecular formula is C13H17FO3. The summed E-state index contributed by atoms with van der Waals surface area (Å²) in [4.78, 5) is 10.8. The molecule has 17 heavy (non-hydrogen) atoms. The summed E-state index contributed by atoms with van der Waals surface area (Å²) < 4.78 is 19.0. The Hall–Kier alpha value is -1.58. The average Bonchev–Trinajstić information content (AvgIpc) is 2.15. The zero-order valence-corrected chi connectivity index (χ0v) is 10.5. The van der Waals surface area contributed by atoms with Crippen molar-refractivity contribution in [2.24, 2.45) is 0 Å². The highest BCUT2D eigenvalue weighted by Crippen LogP contribution is 2.33. The van der Waals surface area contributed by atoms with Crippen LogP contribution in [0, 0.1) is 12.7 Å². The van der Waals surface area contributed by atoms with E-state index in [9.17, 15) is 9.18 Å². The number of rotatable bonds is 4. The highest BCUT2D eigenvalue weighted by Gasteiger charge is 2.28. The van der Waals surface area contributed by atoms with E-state index in [4.69, 9.17) is 9.84 Å². The first kappa shape index (κ1) is 13.5. The van der Waals surface area contributed by atoms with E-state index in [1.165, 1.54) is 13.2 Å². The average molecular weight is 240 g/mol. The smallest absolute Gasteiger partial charge is 0.304 e. The number of methoxy groups -OCH3 is 1. The fourth-order valence-corrected chi connectivity index (χ4v) is 1.86.